The monoisotopic (exact) mass is 273 g/mol. The van der Waals surface area contributed by atoms with Gasteiger partial charge in [-0.25, -0.2) is 0 Å². The van der Waals surface area contributed by atoms with E-state index in [0.717, 1.165) is 12.1 Å². The Bertz CT molecular complexity index is 532. The normalized spacial score (nSPS) is 10.9. The van der Waals surface area contributed by atoms with E-state index in [1.807, 2.05) is 0 Å². The summed E-state index contributed by atoms with van der Waals surface area (Å²) in [5, 5.41) is 18.1. The quantitative estimate of drug-likeness (QED) is 0.858. The van der Waals surface area contributed by atoms with Gasteiger partial charge in [-0.3, -0.25) is 4.79 Å². The fourth-order valence-corrected chi connectivity index (χ4v) is 1.60. The van der Waals surface area contributed by atoms with Crippen LogP contribution in [0.2, 0.25) is 0 Å². The van der Waals surface area contributed by atoms with Crippen LogP contribution in [0.15, 0.2) is 12.1 Å². The number of ether oxygens (including phenoxy) is 1. The number of esters is 1. The van der Waals surface area contributed by atoms with Crippen LogP contribution in [0, 0.1) is 11.3 Å². The first-order valence-corrected chi connectivity index (χ1v) is 5.29. The van der Waals surface area contributed by atoms with E-state index in [-0.39, 0.29) is 12.2 Å². The number of carbonyl (C=O) groups excluding carboxylic acids is 1. The minimum Gasteiger partial charge on any atom is -0.507 e. The van der Waals surface area contributed by atoms with Crippen LogP contribution in [0.4, 0.5) is 13.2 Å². The fourth-order valence-electron chi connectivity index (χ4n) is 1.60. The largest absolute Gasteiger partial charge is 0.507 e. The Morgan fingerprint density at radius 3 is 2.58 bits per heavy atom. The van der Waals surface area contributed by atoms with Gasteiger partial charge in [-0.2, -0.15) is 18.4 Å². The standard InChI is InChI=1S/C12H10F3NO3/c1-2-19-10(18)5-8-7(6-16)3-4-9(17)11(8)12(13,14)15/h3-4,17H,2,5H2,1H3. The molecule has 0 heterocycles. The minimum absolute atomic E-state index is 0.0148. The first-order chi connectivity index (χ1) is 8.81. The number of nitriles is 1. The Morgan fingerprint density at radius 1 is 1.47 bits per heavy atom. The Labute approximate surface area is 107 Å². The van der Waals surface area contributed by atoms with E-state index in [2.05, 4.69) is 4.74 Å². The Morgan fingerprint density at radius 2 is 2.11 bits per heavy atom. The molecular formula is C12H10F3NO3. The maximum Gasteiger partial charge on any atom is 0.420 e. The second-order valence-corrected chi connectivity index (χ2v) is 3.58. The van der Waals surface area contributed by atoms with Gasteiger partial charge in [-0.15, -0.1) is 0 Å². The number of rotatable bonds is 3. The summed E-state index contributed by atoms with van der Waals surface area (Å²) in [7, 11) is 0. The van der Waals surface area contributed by atoms with Gasteiger partial charge >= 0.3 is 12.1 Å². The third kappa shape index (κ3) is 3.37. The number of aromatic hydroxyl groups is 1. The highest BCUT2D eigenvalue weighted by Crippen LogP contribution is 2.39. The lowest BCUT2D eigenvalue weighted by molar-refractivity contribution is -0.143. The molecule has 1 N–H and O–H groups in total. The van der Waals surface area contributed by atoms with Crippen LogP contribution in [0.3, 0.4) is 0 Å². The van der Waals surface area contributed by atoms with E-state index in [1.165, 1.54) is 6.92 Å². The van der Waals surface area contributed by atoms with Crippen LogP contribution in [0.25, 0.3) is 0 Å². The number of alkyl halides is 3. The molecule has 0 saturated carbocycles. The van der Waals surface area contributed by atoms with E-state index in [4.69, 9.17) is 5.26 Å². The highest BCUT2D eigenvalue weighted by molar-refractivity contribution is 5.75. The number of nitrogens with zero attached hydrogens (tertiary/aromatic N) is 1. The average molecular weight is 273 g/mol. The summed E-state index contributed by atoms with van der Waals surface area (Å²) < 4.78 is 43.1. The van der Waals surface area contributed by atoms with Crippen LogP contribution in [-0.2, 0) is 22.1 Å². The van der Waals surface area contributed by atoms with Gasteiger partial charge < -0.3 is 9.84 Å². The number of hydrogen-bond acceptors (Lipinski definition) is 4. The van der Waals surface area contributed by atoms with Crippen LogP contribution in [0.1, 0.15) is 23.6 Å². The first kappa shape index (κ1) is 14.8. The van der Waals surface area contributed by atoms with Crippen molar-refractivity contribution in [2.24, 2.45) is 0 Å². The molecule has 0 aliphatic rings. The first-order valence-electron chi connectivity index (χ1n) is 5.29. The molecule has 0 amide bonds. The van der Waals surface area contributed by atoms with E-state index < -0.39 is 35.4 Å². The molecule has 19 heavy (non-hydrogen) atoms. The lowest BCUT2D eigenvalue weighted by Crippen LogP contribution is -2.16. The number of phenolic OH excluding ortho intramolecular Hbond substituents is 1. The molecule has 1 aromatic rings. The van der Waals surface area contributed by atoms with Gasteiger partial charge in [0.1, 0.15) is 11.3 Å². The van der Waals surface area contributed by atoms with Gasteiger partial charge in [0.2, 0.25) is 0 Å². The van der Waals surface area contributed by atoms with E-state index in [0.29, 0.717) is 0 Å². The number of benzene rings is 1. The topological polar surface area (TPSA) is 70.3 Å². The lowest BCUT2D eigenvalue weighted by Gasteiger charge is -2.15. The second kappa shape index (κ2) is 5.61. The van der Waals surface area contributed by atoms with Crippen molar-refractivity contribution in [2.75, 3.05) is 6.61 Å². The molecule has 0 aromatic heterocycles. The van der Waals surface area contributed by atoms with Gasteiger partial charge in [0.15, 0.2) is 0 Å². The number of hydrogen-bond donors (Lipinski definition) is 1. The molecule has 0 aliphatic carbocycles. The highest BCUT2D eigenvalue weighted by atomic mass is 19.4. The molecule has 4 nitrogen and oxygen atoms in total. The molecule has 0 radical (unpaired) electrons. The van der Waals surface area contributed by atoms with Crippen molar-refractivity contribution in [1.29, 1.82) is 5.26 Å². The minimum atomic E-state index is -4.86. The molecule has 0 unspecified atom stereocenters. The van der Waals surface area contributed by atoms with Crippen molar-refractivity contribution in [2.45, 2.75) is 19.5 Å². The number of phenols is 1. The zero-order chi connectivity index (χ0) is 14.6. The molecule has 0 saturated heterocycles. The summed E-state index contributed by atoms with van der Waals surface area (Å²) in [6.45, 7) is 1.52. The second-order valence-electron chi connectivity index (χ2n) is 3.58. The summed E-state index contributed by atoms with van der Waals surface area (Å²) in [5.41, 5.74) is -2.27. The van der Waals surface area contributed by atoms with Crippen molar-refractivity contribution in [1.82, 2.24) is 0 Å². The van der Waals surface area contributed by atoms with E-state index in [1.54, 1.807) is 6.07 Å². The van der Waals surface area contributed by atoms with Gasteiger partial charge in [-0.05, 0) is 24.6 Å². The van der Waals surface area contributed by atoms with Crippen LogP contribution >= 0.6 is 0 Å². The molecule has 0 spiro atoms. The van der Waals surface area contributed by atoms with Crippen molar-refractivity contribution in [3.63, 3.8) is 0 Å². The van der Waals surface area contributed by atoms with E-state index in [9.17, 15) is 23.1 Å². The maximum atomic E-state index is 12.8. The fraction of sp³-hybridized carbons (Fsp3) is 0.333. The van der Waals surface area contributed by atoms with Gasteiger partial charge in [0, 0.05) is 0 Å². The third-order valence-corrected chi connectivity index (χ3v) is 2.32. The summed E-state index contributed by atoms with van der Waals surface area (Å²) in [5.74, 6) is -1.92. The predicted octanol–water partition coefficient (Wildman–Crippen LogP) is 2.39. The van der Waals surface area contributed by atoms with Gasteiger partial charge in [-0.1, -0.05) is 0 Å². The van der Waals surface area contributed by atoms with Crippen molar-refractivity contribution < 1.29 is 27.8 Å². The summed E-state index contributed by atoms with van der Waals surface area (Å²) in [4.78, 5) is 11.3. The van der Waals surface area contributed by atoms with Gasteiger partial charge in [0.25, 0.3) is 0 Å². The zero-order valence-corrected chi connectivity index (χ0v) is 9.91. The smallest absolute Gasteiger partial charge is 0.420 e. The van der Waals surface area contributed by atoms with Gasteiger partial charge in [0.05, 0.1) is 24.7 Å². The van der Waals surface area contributed by atoms with Crippen LogP contribution in [0.5, 0.6) is 5.75 Å². The summed E-state index contributed by atoms with van der Waals surface area (Å²) in [6, 6.07) is 3.36. The molecule has 0 atom stereocenters. The molecule has 0 aliphatic heterocycles. The zero-order valence-electron chi connectivity index (χ0n) is 9.91. The molecule has 1 rings (SSSR count). The molecular weight excluding hydrogens is 263 g/mol. The highest BCUT2D eigenvalue weighted by Gasteiger charge is 2.38. The molecule has 7 heteroatoms. The summed E-state index contributed by atoms with van der Waals surface area (Å²) >= 11 is 0. The maximum absolute atomic E-state index is 12.8. The van der Waals surface area contributed by atoms with Crippen molar-refractivity contribution in [3.8, 4) is 11.8 Å². The van der Waals surface area contributed by atoms with E-state index >= 15 is 0 Å². The predicted molar refractivity (Wildman–Crippen MR) is 58.2 cm³/mol. The SMILES string of the molecule is CCOC(=O)Cc1c(C#N)ccc(O)c1C(F)(F)F. The number of halogens is 3. The summed E-state index contributed by atoms with van der Waals surface area (Å²) in [6.07, 6.45) is -5.58. The molecule has 0 bridgehead atoms. The van der Waals surface area contributed by atoms with Crippen LogP contribution < -0.4 is 0 Å². The molecule has 0 fully saturated rings. The Kier molecular flexibility index (Phi) is 4.38. The third-order valence-electron chi connectivity index (χ3n) is 2.32. The lowest BCUT2D eigenvalue weighted by atomic mass is 9.97. The number of carbonyl (C=O) groups is 1. The molecule has 102 valence electrons. The Balaban J connectivity index is 3.37. The van der Waals surface area contributed by atoms with Crippen molar-refractivity contribution in [3.05, 3.63) is 28.8 Å². The molecule has 1 aromatic carbocycles. The Hall–Kier alpha value is -2.23. The average Bonchev–Trinajstić information content (AvgIpc) is 2.27. The van der Waals surface area contributed by atoms with Crippen LogP contribution in [-0.4, -0.2) is 17.7 Å². The van der Waals surface area contributed by atoms with Crippen molar-refractivity contribution >= 4 is 5.97 Å².